The Bertz CT molecular complexity index is 830. The molecule has 27 heavy (non-hydrogen) atoms. The highest BCUT2D eigenvalue weighted by atomic mass is 19.1. The van der Waals surface area contributed by atoms with Crippen molar-refractivity contribution in [3.8, 4) is 0 Å². The van der Waals surface area contributed by atoms with E-state index in [9.17, 15) is 19.3 Å². The van der Waals surface area contributed by atoms with E-state index in [1.54, 1.807) is 13.2 Å². The first-order valence-corrected chi connectivity index (χ1v) is 8.80. The van der Waals surface area contributed by atoms with E-state index in [0.29, 0.717) is 31.5 Å². The molecule has 0 N–H and O–H groups in total. The Labute approximate surface area is 156 Å². The van der Waals surface area contributed by atoms with E-state index < -0.39 is 4.92 Å². The molecule has 0 bridgehead atoms. The Kier molecular flexibility index (Phi) is 5.81. The summed E-state index contributed by atoms with van der Waals surface area (Å²) in [6.07, 6.45) is 1.36. The number of anilines is 1. The standard InChI is InChI=1S/C20H21FN2O4/c1-27-13-16-12-18(23(25)26)6-7-19(16)22-10-8-15(9-11-22)20(24)14-2-4-17(21)5-3-14/h2-7,12,15H,8-11,13H2,1H3. The number of methoxy groups -OCH3 is 1. The van der Waals surface area contributed by atoms with E-state index in [1.807, 2.05) is 0 Å². The topological polar surface area (TPSA) is 72.7 Å². The molecule has 6 nitrogen and oxygen atoms in total. The predicted octanol–water partition coefficient (Wildman–Crippen LogP) is 3.98. The molecule has 2 aromatic rings. The zero-order valence-electron chi connectivity index (χ0n) is 15.1. The van der Waals surface area contributed by atoms with E-state index >= 15 is 0 Å². The minimum atomic E-state index is -0.420. The lowest BCUT2D eigenvalue weighted by Gasteiger charge is -2.34. The quantitative estimate of drug-likeness (QED) is 0.436. The van der Waals surface area contributed by atoms with Gasteiger partial charge in [0.25, 0.3) is 5.69 Å². The molecular formula is C20H21FN2O4. The molecule has 2 aromatic carbocycles. The largest absolute Gasteiger partial charge is 0.380 e. The van der Waals surface area contributed by atoms with Crippen molar-refractivity contribution < 1.29 is 18.8 Å². The third-order valence-corrected chi connectivity index (χ3v) is 4.91. The number of nitrogens with zero attached hydrogens (tertiary/aromatic N) is 2. The van der Waals surface area contributed by atoms with Gasteiger partial charge in [-0.1, -0.05) is 0 Å². The number of Topliss-reactive ketones (excluding diaryl/α,β-unsaturated/α-hetero) is 1. The number of halogens is 1. The van der Waals surface area contributed by atoms with Crippen molar-refractivity contribution in [2.45, 2.75) is 19.4 Å². The molecule has 7 heteroatoms. The van der Waals surface area contributed by atoms with Crippen LogP contribution < -0.4 is 4.90 Å². The number of piperidine rings is 1. The van der Waals surface area contributed by atoms with Crippen LogP contribution in [-0.4, -0.2) is 30.9 Å². The predicted molar refractivity (Wildman–Crippen MR) is 99.5 cm³/mol. The van der Waals surface area contributed by atoms with Crippen LogP contribution in [0.3, 0.4) is 0 Å². The smallest absolute Gasteiger partial charge is 0.269 e. The minimum absolute atomic E-state index is 0.0344. The second-order valence-electron chi connectivity index (χ2n) is 6.64. The van der Waals surface area contributed by atoms with Crippen molar-refractivity contribution in [1.29, 1.82) is 0 Å². The molecule has 3 rings (SSSR count). The number of carbonyl (C=O) groups excluding carboxylic acids is 1. The molecule has 0 aliphatic carbocycles. The average molecular weight is 372 g/mol. The molecule has 0 spiro atoms. The summed E-state index contributed by atoms with van der Waals surface area (Å²) in [7, 11) is 1.55. The number of nitro groups is 1. The molecule has 1 aliphatic rings. The molecule has 142 valence electrons. The molecule has 0 aromatic heterocycles. The molecule has 0 radical (unpaired) electrons. The van der Waals surface area contributed by atoms with Crippen LogP contribution in [0.1, 0.15) is 28.8 Å². The van der Waals surface area contributed by atoms with Crippen molar-refractivity contribution in [2.75, 3.05) is 25.1 Å². The zero-order chi connectivity index (χ0) is 19.4. The Morgan fingerprint density at radius 3 is 2.48 bits per heavy atom. The van der Waals surface area contributed by atoms with Gasteiger partial charge in [-0.05, 0) is 43.2 Å². The number of hydrogen-bond donors (Lipinski definition) is 0. The maximum Gasteiger partial charge on any atom is 0.269 e. The van der Waals surface area contributed by atoms with Gasteiger partial charge in [-0.25, -0.2) is 4.39 Å². The number of benzene rings is 2. The van der Waals surface area contributed by atoms with E-state index in [0.717, 1.165) is 11.3 Å². The highest BCUT2D eigenvalue weighted by molar-refractivity contribution is 5.98. The number of nitro benzene ring substituents is 1. The van der Waals surface area contributed by atoms with E-state index in [-0.39, 0.29) is 29.8 Å². The SMILES string of the molecule is COCc1cc([N+](=O)[O-])ccc1N1CCC(C(=O)c2ccc(F)cc2)CC1. The maximum absolute atomic E-state index is 13.0. The van der Waals surface area contributed by atoms with Gasteiger partial charge in [0, 0.05) is 55.1 Å². The van der Waals surface area contributed by atoms with Gasteiger partial charge in [-0.15, -0.1) is 0 Å². The van der Waals surface area contributed by atoms with Gasteiger partial charge in [0.1, 0.15) is 5.82 Å². The van der Waals surface area contributed by atoms with Crippen molar-refractivity contribution >= 4 is 17.2 Å². The Hall–Kier alpha value is -2.80. The summed E-state index contributed by atoms with van der Waals surface area (Å²) in [5, 5.41) is 11.0. The lowest BCUT2D eigenvalue weighted by Crippen LogP contribution is -2.37. The lowest BCUT2D eigenvalue weighted by molar-refractivity contribution is -0.384. The summed E-state index contributed by atoms with van der Waals surface area (Å²) in [5.74, 6) is -0.420. The van der Waals surface area contributed by atoms with Crippen LogP contribution in [0.4, 0.5) is 15.8 Å². The Morgan fingerprint density at radius 1 is 1.22 bits per heavy atom. The molecule has 1 fully saturated rings. The average Bonchev–Trinajstić information content (AvgIpc) is 2.68. The summed E-state index contributed by atoms with van der Waals surface area (Å²) in [4.78, 5) is 25.3. The summed E-state index contributed by atoms with van der Waals surface area (Å²) in [6, 6.07) is 10.4. The number of rotatable bonds is 6. The van der Waals surface area contributed by atoms with Crippen LogP contribution in [-0.2, 0) is 11.3 Å². The molecule has 0 atom stereocenters. The fraction of sp³-hybridized carbons (Fsp3) is 0.350. The third kappa shape index (κ3) is 4.31. The highest BCUT2D eigenvalue weighted by Crippen LogP contribution is 2.31. The van der Waals surface area contributed by atoms with Crippen molar-refractivity contribution in [1.82, 2.24) is 0 Å². The molecule has 0 saturated carbocycles. The van der Waals surface area contributed by atoms with Gasteiger partial charge >= 0.3 is 0 Å². The van der Waals surface area contributed by atoms with Crippen LogP contribution in [0.5, 0.6) is 0 Å². The first-order chi connectivity index (χ1) is 13.0. The number of ether oxygens (including phenoxy) is 1. The summed E-state index contributed by atoms with van der Waals surface area (Å²) in [5.41, 5.74) is 2.22. The van der Waals surface area contributed by atoms with Gasteiger partial charge in [-0.3, -0.25) is 14.9 Å². The Morgan fingerprint density at radius 2 is 1.89 bits per heavy atom. The van der Waals surface area contributed by atoms with Gasteiger partial charge in [0.15, 0.2) is 5.78 Å². The number of non-ortho nitro benzene ring substituents is 1. The third-order valence-electron chi connectivity index (χ3n) is 4.91. The first-order valence-electron chi connectivity index (χ1n) is 8.80. The normalized spacial score (nSPS) is 15.0. The second kappa shape index (κ2) is 8.26. The van der Waals surface area contributed by atoms with Gasteiger partial charge < -0.3 is 9.64 Å². The van der Waals surface area contributed by atoms with E-state index in [1.165, 1.54) is 36.4 Å². The molecule has 1 heterocycles. The van der Waals surface area contributed by atoms with Crippen molar-refractivity contribution in [3.05, 3.63) is 69.5 Å². The van der Waals surface area contributed by atoms with Crippen LogP contribution in [0.15, 0.2) is 42.5 Å². The van der Waals surface area contributed by atoms with Crippen LogP contribution >= 0.6 is 0 Å². The fourth-order valence-corrected chi connectivity index (χ4v) is 3.50. The summed E-state index contributed by atoms with van der Waals surface area (Å²) < 4.78 is 18.2. The number of carbonyl (C=O) groups is 1. The van der Waals surface area contributed by atoms with Crippen molar-refractivity contribution in [2.24, 2.45) is 5.92 Å². The van der Waals surface area contributed by atoms with Gasteiger partial charge in [-0.2, -0.15) is 0 Å². The van der Waals surface area contributed by atoms with E-state index in [2.05, 4.69) is 4.90 Å². The van der Waals surface area contributed by atoms with Crippen molar-refractivity contribution in [3.63, 3.8) is 0 Å². The monoisotopic (exact) mass is 372 g/mol. The van der Waals surface area contributed by atoms with Crippen LogP contribution in [0.25, 0.3) is 0 Å². The van der Waals surface area contributed by atoms with Gasteiger partial charge in [0.05, 0.1) is 11.5 Å². The fourth-order valence-electron chi connectivity index (χ4n) is 3.50. The Balaban J connectivity index is 1.70. The van der Waals surface area contributed by atoms with Gasteiger partial charge in [0.2, 0.25) is 0 Å². The lowest BCUT2D eigenvalue weighted by atomic mass is 9.88. The molecule has 1 aliphatic heterocycles. The molecular weight excluding hydrogens is 351 g/mol. The highest BCUT2D eigenvalue weighted by Gasteiger charge is 2.27. The van der Waals surface area contributed by atoms with E-state index in [4.69, 9.17) is 4.74 Å². The van der Waals surface area contributed by atoms with Crippen LogP contribution in [0, 0.1) is 21.8 Å². The summed E-state index contributed by atoms with van der Waals surface area (Å²) >= 11 is 0. The molecule has 0 amide bonds. The molecule has 0 unspecified atom stereocenters. The minimum Gasteiger partial charge on any atom is -0.380 e. The number of hydrogen-bond acceptors (Lipinski definition) is 5. The maximum atomic E-state index is 13.0. The molecule has 1 saturated heterocycles. The second-order valence-corrected chi connectivity index (χ2v) is 6.64. The zero-order valence-corrected chi connectivity index (χ0v) is 15.1. The first kappa shape index (κ1) is 19.0. The van der Waals surface area contributed by atoms with Crippen LogP contribution in [0.2, 0.25) is 0 Å². The summed E-state index contributed by atoms with van der Waals surface area (Å²) in [6.45, 7) is 1.63. The number of ketones is 1.